The van der Waals surface area contributed by atoms with E-state index in [-0.39, 0.29) is 63.3 Å². The van der Waals surface area contributed by atoms with Gasteiger partial charge in [0.2, 0.25) is 11.5 Å². The van der Waals surface area contributed by atoms with Crippen LogP contribution in [-0.2, 0) is 29.6 Å². The van der Waals surface area contributed by atoms with Crippen molar-refractivity contribution in [1.29, 1.82) is 0 Å². The van der Waals surface area contributed by atoms with E-state index >= 15 is 4.39 Å². The number of nitrogen functional groups attached to an aromatic ring is 1. The molecule has 8 rings (SSSR count). The number of carbonyl (C=O) groups excluding carboxylic acids is 3. The second-order valence-electron chi connectivity index (χ2n) is 13.4. The number of anilines is 1. The Balaban J connectivity index is 1.16. The molecular formula is C42H33FN6O7S2. The lowest BCUT2D eigenvalue weighted by Crippen LogP contribution is -2.71. The number of aromatic nitrogens is 1. The second-order valence-corrected chi connectivity index (χ2v) is 15.4. The van der Waals surface area contributed by atoms with E-state index in [4.69, 9.17) is 10.6 Å². The van der Waals surface area contributed by atoms with E-state index < -0.39 is 52.2 Å². The van der Waals surface area contributed by atoms with Crippen molar-refractivity contribution in [3.63, 3.8) is 0 Å². The highest BCUT2D eigenvalue weighted by Crippen LogP contribution is 2.46. The van der Waals surface area contributed by atoms with E-state index in [0.29, 0.717) is 16.7 Å². The summed E-state index contributed by atoms with van der Waals surface area (Å²) in [5.74, 6) is -4.87. The van der Waals surface area contributed by atoms with E-state index in [1.54, 1.807) is 0 Å². The van der Waals surface area contributed by atoms with E-state index in [1.165, 1.54) is 17.5 Å². The van der Waals surface area contributed by atoms with Crippen LogP contribution in [-0.4, -0.2) is 73.2 Å². The maximum Gasteiger partial charge on any atom is 0.352 e. The molecule has 2 fully saturated rings. The van der Waals surface area contributed by atoms with Crippen LogP contribution in [0.1, 0.15) is 34.4 Å². The first-order valence-corrected chi connectivity index (χ1v) is 19.9. The number of benzene rings is 4. The molecule has 1 aromatic heterocycles. The molecule has 2 atom stereocenters. The van der Waals surface area contributed by atoms with Gasteiger partial charge in [-0.3, -0.25) is 19.3 Å². The number of aromatic hydroxyl groups is 1. The molecule has 0 saturated carbocycles. The molecular weight excluding hydrogens is 784 g/mol. The summed E-state index contributed by atoms with van der Waals surface area (Å²) in [7, 11) is 0. The zero-order chi connectivity index (χ0) is 40.6. The number of rotatable bonds is 11. The lowest BCUT2D eigenvalue weighted by molar-refractivity contribution is -0.150. The van der Waals surface area contributed by atoms with Gasteiger partial charge in [-0.2, -0.15) is 0 Å². The minimum absolute atomic E-state index is 0.0301. The fourth-order valence-corrected chi connectivity index (χ4v) is 9.29. The van der Waals surface area contributed by atoms with Crippen molar-refractivity contribution in [3.8, 4) is 5.75 Å². The third-order valence-electron chi connectivity index (χ3n) is 10.0. The number of halogens is 1. The second kappa shape index (κ2) is 15.6. The molecule has 0 radical (unpaired) electrons. The highest BCUT2D eigenvalue weighted by Gasteiger charge is 2.55. The predicted octanol–water partition coefficient (Wildman–Crippen LogP) is 5.00. The fourth-order valence-electron chi connectivity index (χ4n) is 7.39. The monoisotopic (exact) mass is 816 g/mol. The number of β-lactam (4-membered cyclic amide) rings is 1. The van der Waals surface area contributed by atoms with Crippen LogP contribution in [0.5, 0.6) is 5.75 Å². The van der Waals surface area contributed by atoms with Gasteiger partial charge >= 0.3 is 5.97 Å². The number of carboxylic acid groups (broad SMARTS) is 1. The molecule has 58 heavy (non-hydrogen) atoms. The number of amides is 3. The average molecular weight is 817 g/mol. The third-order valence-corrected chi connectivity index (χ3v) is 12.0. The number of oxime groups is 1. The zero-order valence-corrected chi connectivity index (χ0v) is 31.9. The Kier molecular flexibility index (Phi) is 10.3. The van der Waals surface area contributed by atoms with E-state index in [9.17, 15) is 29.4 Å². The Morgan fingerprint density at radius 2 is 1.59 bits per heavy atom. The number of thioether (sulfide) groups is 1. The number of nitrogens with one attached hydrogen (secondary N) is 2. The number of carbonyl (C=O) groups is 4. The molecule has 2 saturated heterocycles. The van der Waals surface area contributed by atoms with E-state index in [0.717, 1.165) is 34.1 Å². The van der Waals surface area contributed by atoms with Crippen LogP contribution in [0.4, 0.5) is 9.52 Å². The molecule has 4 heterocycles. The lowest BCUT2D eigenvalue weighted by Gasteiger charge is -2.49. The number of hydrogen-bond donors (Lipinski definition) is 5. The summed E-state index contributed by atoms with van der Waals surface area (Å²) in [5, 5.41) is 31.1. The molecule has 13 nitrogen and oxygen atoms in total. The number of hydrogen-bond acceptors (Lipinski definition) is 11. The minimum Gasteiger partial charge on any atom is -0.508 e. The van der Waals surface area contributed by atoms with Crippen molar-refractivity contribution in [3.05, 3.63) is 165 Å². The van der Waals surface area contributed by atoms with Gasteiger partial charge in [0.1, 0.15) is 34.4 Å². The van der Waals surface area contributed by atoms with Crippen molar-refractivity contribution in [1.82, 2.24) is 20.5 Å². The topological polar surface area (TPSA) is 197 Å². The number of nitrogens with two attached hydrogens (primary N) is 1. The highest BCUT2D eigenvalue weighted by molar-refractivity contribution is 8.00. The first kappa shape index (κ1) is 38.1. The van der Waals surface area contributed by atoms with E-state index in [2.05, 4.69) is 20.8 Å². The van der Waals surface area contributed by atoms with Gasteiger partial charge in [-0.05, 0) is 24.1 Å². The summed E-state index contributed by atoms with van der Waals surface area (Å²) in [4.78, 5) is 66.1. The van der Waals surface area contributed by atoms with Gasteiger partial charge in [0.15, 0.2) is 10.8 Å². The molecule has 5 aromatic rings. The number of aliphatic carboxylic acids is 1. The number of phenolic OH excluding ortho intramolecular Hbond substituents is 1. The molecule has 3 aliphatic heterocycles. The number of thiazole rings is 1. The maximum atomic E-state index is 15.4. The van der Waals surface area contributed by atoms with Crippen molar-refractivity contribution >= 4 is 63.2 Å². The molecule has 3 aliphatic rings. The molecule has 3 amide bonds. The zero-order valence-electron chi connectivity index (χ0n) is 30.3. The molecule has 0 unspecified atom stereocenters. The summed E-state index contributed by atoms with van der Waals surface area (Å²) in [5.41, 5.74) is 6.23. The van der Waals surface area contributed by atoms with Crippen molar-refractivity contribution in [2.24, 2.45) is 5.16 Å². The van der Waals surface area contributed by atoms with Gasteiger partial charge in [0, 0.05) is 57.1 Å². The van der Waals surface area contributed by atoms with E-state index in [1.807, 2.05) is 91.0 Å². The smallest absolute Gasteiger partial charge is 0.352 e. The van der Waals surface area contributed by atoms with Crippen LogP contribution in [0.3, 0.4) is 0 Å². The van der Waals surface area contributed by atoms with Crippen LogP contribution in [0.25, 0.3) is 5.57 Å². The van der Waals surface area contributed by atoms with Gasteiger partial charge < -0.3 is 31.4 Å². The Bertz CT molecular complexity index is 2450. The number of nitrogens with zero attached hydrogens (tertiary/aromatic N) is 3. The first-order valence-electron chi connectivity index (χ1n) is 17.9. The van der Waals surface area contributed by atoms with Gasteiger partial charge in [-0.15, -0.1) is 23.1 Å². The summed E-state index contributed by atoms with van der Waals surface area (Å²) >= 11 is 2.21. The molecule has 0 spiro atoms. The van der Waals surface area contributed by atoms with Crippen LogP contribution in [0, 0.1) is 5.82 Å². The standard InChI is InChI=1S/C42H33FN6O7S2/c43-30-20-26(50)16-17-27(30)32(28-18-19-45-36(28)51)29-21-57-39-34(38(53)49(39)35(29)40(54)55)47-37(52)33(31-22-58-41(44)46-31)48-56-42(23-10-4-1-5-11-23,24-12-6-2-7-13-24)25-14-8-3-9-15-25/h1-17,20,22,34,39,50H,18-19,21H2,(H2,44,46)(H,45,51)(H,47,52)(H,54,55)/t34-,39-/m1/s1. The van der Waals surface area contributed by atoms with Crippen molar-refractivity contribution < 1.29 is 38.6 Å². The normalized spacial score (nSPS) is 18.9. The van der Waals surface area contributed by atoms with Crippen LogP contribution < -0.4 is 16.4 Å². The quantitative estimate of drug-likeness (QED) is 0.0398. The molecule has 4 aromatic carbocycles. The van der Waals surface area contributed by atoms with Crippen molar-refractivity contribution in [2.75, 3.05) is 18.0 Å². The van der Waals surface area contributed by atoms with Gasteiger partial charge in [-0.1, -0.05) is 96.2 Å². The lowest BCUT2D eigenvalue weighted by atomic mass is 9.80. The van der Waals surface area contributed by atoms with Gasteiger partial charge in [-0.25, -0.2) is 14.2 Å². The van der Waals surface area contributed by atoms with Gasteiger partial charge in [0.25, 0.3) is 11.8 Å². The third kappa shape index (κ3) is 6.75. The Labute approximate surface area is 338 Å². The Morgan fingerprint density at radius 1 is 0.966 bits per heavy atom. The summed E-state index contributed by atoms with van der Waals surface area (Å²) < 4.78 is 15.4. The minimum atomic E-state index is -1.48. The fraction of sp³-hybridized carbons (Fsp3) is 0.143. The van der Waals surface area contributed by atoms with Crippen molar-refractivity contribution in [2.45, 2.75) is 23.4 Å². The number of carboxylic acids is 1. The predicted molar refractivity (Wildman–Crippen MR) is 216 cm³/mol. The number of phenols is 1. The molecule has 292 valence electrons. The highest BCUT2D eigenvalue weighted by atomic mass is 32.2. The van der Waals surface area contributed by atoms with Crippen LogP contribution >= 0.6 is 23.1 Å². The molecule has 6 N–H and O–H groups in total. The largest absolute Gasteiger partial charge is 0.508 e. The molecule has 0 bridgehead atoms. The molecule has 16 heteroatoms. The molecule has 0 aliphatic carbocycles. The Morgan fingerprint density at radius 3 is 2.10 bits per heavy atom. The number of allylic oxidation sites excluding steroid dienone is 1. The van der Waals surface area contributed by atoms with Crippen LogP contribution in [0.2, 0.25) is 0 Å². The number of fused-ring (bicyclic) bond motifs is 1. The SMILES string of the molecule is Nc1nc(C(=NOC(c2ccccc2)(c2ccccc2)c2ccccc2)C(=O)N[C@@H]2C(=O)N3C(C(=O)O)=C(C(=C4CCNC4=O)c4ccc(O)cc4F)CS[C@H]23)cs1. The maximum absolute atomic E-state index is 15.4. The summed E-state index contributed by atoms with van der Waals surface area (Å²) in [6.45, 7) is 0.251. The summed E-state index contributed by atoms with van der Waals surface area (Å²) in [6, 6.07) is 30.2. The first-order chi connectivity index (χ1) is 28.1. The van der Waals surface area contributed by atoms with Gasteiger partial charge in [0.05, 0.1) is 0 Å². The van der Waals surface area contributed by atoms with Crippen LogP contribution in [0.15, 0.2) is 137 Å². The Hall–Kier alpha value is -6.78. The average Bonchev–Trinajstić information content (AvgIpc) is 3.87. The summed E-state index contributed by atoms with van der Waals surface area (Å²) in [6.07, 6.45) is 0.178.